The largest absolute Gasteiger partial charge is 0.493 e. The lowest BCUT2D eigenvalue weighted by atomic mass is 9.84. The van der Waals surface area contributed by atoms with Gasteiger partial charge in [0, 0.05) is 50.4 Å². The molecule has 2 aromatic carbocycles. The van der Waals surface area contributed by atoms with Gasteiger partial charge in [-0.3, -0.25) is 9.69 Å². The molecule has 1 N–H and O–H groups in total. The number of carbonyl (C=O) groups excluding carboxylic acids is 1. The minimum atomic E-state index is -0.239. The van der Waals surface area contributed by atoms with Crippen LogP contribution in [-0.4, -0.2) is 50.3 Å². The number of halogens is 1. The van der Waals surface area contributed by atoms with Crippen LogP contribution in [-0.2, 0) is 16.0 Å². The van der Waals surface area contributed by atoms with E-state index in [1.807, 2.05) is 12.1 Å². The molecular weight excluding hydrogens is 407 g/mol. The van der Waals surface area contributed by atoms with Gasteiger partial charge in [0.2, 0.25) is 5.91 Å². The van der Waals surface area contributed by atoms with Crippen molar-refractivity contribution in [2.75, 3.05) is 39.5 Å². The van der Waals surface area contributed by atoms with Gasteiger partial charge < -0.3 is 14.8 Å². The first-order chi connectivity index (χ1) is 15.7. The number of nitrogens with one attached hydrogen (secondary N) is 1. The molecule has 3 heterocycles. The van der Waals surface area contributed by atoms with Gasteiger partial charge in [0.05, 0.1) is 12.5 Å². The van der Waals surface area contributed by atoms with Crippen LogP contribution < -0.4 is 10.1 Å². The van der Waals surface area contributed by atoms with Crippen molar-refractivity contribution in [1.82, 2.24) is 10.2 Å². The second-order valence-electron chi connectivity index (χ2n) is 9.24. The molecule has 1 amide bonds. The zero-order chi connectivity index (χ0) is 21.9. The lowest BCUT2D eigenvalue weighted by Crippen LogP contribution is -2.38. The fourth-order valence-corrected chi connectivity index (χ4v) is 5.51. The standard InChI is InChI=1S/C26H31FN2O3/c27-20-7-5-18(6-8-20)9-12-28-26(30)22-16-29(15-19-10-13-31-14-11-19)25-21-3-1-2-4-24(21)32-17-23(22)25/h1-8,19,22-23,25H,9-17H2,(H,28,30)/t22-,23+,25+/m1/s1. The summed E-state index contributed by atoms with van der Waals surface area (Å²) in [5, 5.41) is 3.13. The van der Waals surface area contributed by atoms with Gasteiger partial charge in [0.1, 0.15) is 11.6 Å². The van der Waals surface area contributed by atoms with Crippen LogP contribution in [0.3, 0.4) is 0 Å². The molecule has 0 bridgehead atoms. The van der Waals surface area contributed by atoms with Gasteiger partial charge in [-0.25, -0.2) is 4.39 Å². The van der Waals surface area contributed by atoms with E-state index in [9.17, 15) is 9.18 Å². The van der Waals surface area contributed by atoms with Gasteiger partial charge in [-0.2, -0.15) is 0 Å². The molecule has 5 nitrogen and oxygen atoms in total. The average molecular weight is 439 g/mol. The van der Waals surface area contributed by atoms with Gasteiger partial charge in [0.15, 0.2) is 0 Å². The lowest BCUT2D eigenvalue weighted by Gasteiger charge is -2.36. The molecule has 170 valence electrons. The zero-order valence-electron chi connectivity index (χ0n) is 18.3. The SMILES string of the molecule is O=C(NCCc1ccc(F)cc1)[C@@H]1CN(CC2CCOCC2)[C@H]2c3ccccc3OC[C@@H]12. The Morgan fingerprint density at radius 1 is 1.09 bits per heavy atom. The second-order valence-corrected chi connectivity index (χ2v) is 9.24. The Morgan fingerprint density at radius 3 is 2.69 bits per heavy atom. The predicted octanol–water partition coefficient (Wildman–Crippen LogP) is 3.59. The molecule has 0 saturated carbocycles. The van der Waals surface area contributed by atoms with Crippen molar-refractivity contribution in [2.45, 2.75) is 25.3 Å². The van der Waals surface area contributed by atoms with E-state index in [0.29, 0.717) is 25.5 Å². The minimum absolute atomic E-state index is 0.0959. The maximum absolute atomic E-state index is 13.2. The highest BCUT2D eigenvalue weighted by Crippen LogP contribution is 2.47. The third-order valence-electron chi connectivity index (χ3n) is 7.21. The summed E-state index contributed by atoms with van der Waals surface area (Å²) in [6, 6.07) is 14.9. The summed E-state index contributed by atoms with van der Waals surface area (Å²) in [6.07, 6.45) is 2.86. The van der Waals surface area contributed by atoms with Crippen molar-refractivity contribution in [3.63, 3.8) is 0 Å². The number of para-hydroxylation sites is 1. The number of ether oxygens (including phenoxy) is 2. The number of hydrogen-bond acceptors (Lipinski definition) is 4. The number of rotatable bonds is 6. The van der Waals surface area contributed by atoms with Crippen LogP contribution in [0.2, 0.25) is 0 Å². The summed E-state index contributed by atoms with van der Waals surface area (Å²) in [5.74, 6) is 1.47. The Balaban J connectivity index is 1.28. The van der Waals surface area contributed by atoms with E-state index < -0.39 is 0 Å². The highest BCUT2D eigenvalue weighted by Gasteiger charge is 2.49. The number of likely N-dealkylation sites (tertiary alicyclic amines) is 1. The third kappa shape index (κ3) is 4.52. The fraction of sp³-hybridized carbons (Fsp3) is 0.500. The van der Waals surface area contributed by atoms with Crippen molar-refractivity contribution in [1.29, 1.82) is 0 Å². The average Bonchev–Trinajstić information content (AvgIpc) is 3.20. The number of carbonyl (C=O) groups is 1. The monoisotopic (exact) mass is 438 g/mol. The van der Waals surface area contributed by atoms with Gasteiger partial charge in [-0.15, -0.1) is 0 Å². The van der Waals surface area contributed by atoms with Crippen molar-refractivity contribution in [3.05, 3.63) is 65.5 Å². The minimum Gasteiger partial charge on any atom is -0.493 e. The summed E-state index contributed by atoms with van der Waals surface area (Å²) >= 11 is 0. The summed E-state index contributed by atoms with van der Waals surface area (Å²) < 4.78 is 24.7. The number of hydrogen-bond donors (Lipinski definition) is 1. The van der Waals surface area contributed by atoms with Gasteiger partial charge >= 0.3 is 0 Å². The normalized spacial score (nSPS) is 25.6. The highest BCUT2D eigenvalue weighted by molar-refractivity contribution is 5.80. The molecule has 3 aliphatic rings. The first kappa shape index (κ1) is 21.4. The van der Waals surface area contributed by atoms with Crippen molar-refractivity contribution in [3.8, 4) is 5.75 Å². The fourth-order valence-electron chi connectivity index (χ4n) is 5.51. The molecule has 0 aromatic heterocycles. The molecule has 2 aromatic rings. The van der Waals surface area contributed by atoms with E-state index in [0.717, 1.165) is 50.5 Å². The Bertz CT molecular complexity index is 929. The first-order valence-corrected chi connectivity index (χ1v) is 11.7. The summed E-state index contributed by atoms with van der Waals surface area (Å²) in [5.41, 5.74) is 2.23. The number of nitrogens with zero attached hydrogens (tertiary/aromatic N) is 1. The molecular formula is C26H31FN2O3. The quantitative estimate of drug-likeness (QED) is 0.749. The van der Waals surface area contributed by atoms with Crippen LogP contribution in [0.1, 0.15) is 30.0 Å². The van der Waals surface area contributed by atoms with Crippen LogP contribution in [0, 0.1) is 23.6 Å². The Kier molecular flexibility index (Phi) is 6.42. The van der Waals surface area contributed by atoms with Crippen LogP contribution in [0.5, 0.6) is 5.75 Å². The van der Waals surface area contributed by atoms with Crippen LogP contribution in [0.15, 0.2) is 48.5 Å². The Labute approximate surface area is 188 Å². The maximum atomic E-state index is 13.2. The Hall–Kier alpha value is -2.44. The molecule has 2 saturated heterocycles. The van der Waals surface area contributed by atoms with E-state index in [4.69, 9.17) is 9.47 Å². The molecule has 0 aliphatic carbocycles. The molecule has 3 atom stereocenters. The molecule has 6 heteroatoms. The van der Waals surface area contributed by atoms with Gasteiger partial charge in [-0.1, -0.05) is 30.3 Å². The first-order valence-electron chi connectivity index (χ1n) is 11.7. The molecule has 2 fully saturated rings. The van der Waals surface area contributed by atoms with Crippen molar-refractivity contribution >= 4 is 5.91 Å². The van der Waals surface area contributed by atoms with Crippen molar-refractivity contribution in [2.24, 2.45) is 17.8 Å². The molecule has 0 radical (unpaired) electrons. The van der Waals surface area contributed by atoms with E-state index in [2.05, 4.69) is 22.3 Å². The molecule has 32 heavy (non-hydrogen) atoms. The van der Waals surface area contributed by atoms with Crippen LogP contribution in [0.4, 0.5) is 4.39 Å². The Morgan fingerprint density at radius 2 is 1.88 bits per heavy atom. The van der Waals surface area contributed by atoms with E-state index in [1.54, 1.807) is 12.1 Å². The summed E-state index contributed by atoms with van der Waals surface area (Å²) in [7, 11) is 0. The third-order valence-corrected chi connectivity index (χ3v) is 7.21. The van der Waals surface area contributed by atoms with E-state index in [1.165, 1.54) is 17.7 Å². The number of fused-ring (bicyclic) bond motifs is 3. The van der Waals surface area contributed by atoms with Crippen molar-refractivity contribution < 1.29 is 18.7 Å². The van der Waals surface area contributed by atoms with E-state index in [-0.39, 0.29) is 29.6 Å². The lowest BCUT2D eigenvalue weighted by molar-refractivity contribution is -0.126. The highest BCUT2D eigenvalue weighted by atomic mass is 19.1. The van der Waals surface area contributed by atoms with E-state index >= 15 is 0 Å². The van der Waals surface area contributed by atoms with Crippen LogP contribution in [0.25, 0.3) is 0 Å². The number of amides is 1. The molecule has 5 rings (SSSR count). The second kappa shape index (κ2) is 9.59. The smallest absolute Gasteiger partial charge is 0.224 e. The van der Waals surface area contributed by atoms with Crippen LogP contribution >= 0.6 is 0 Å². The van der Waals surface area contributed by atoms with Gasteiger partial charge in [0.25, 0.3) is 0 Å². The maximum Gasteiger partial charge on any atom is 0.224 e. The zero-order valence-corrected chi connectivity index (χ0v) is 18.3. The molecule has 0 unspecified atom stereocenters. The number of benzene rings is 2. The molecule has 3 aliphatic heterocycles. The van der Waals surface area contributed by atoms with Gasteiger partial charge in [-0.05, 0) is 48.9 Å². The molecule has 0 spiro atoms. The summed E-state index contributed by atoms with van der Waals surface area (Å²) in [4.78, 5) is 15.7. The predicted molar refractivity (Wildman–Crippen MR) is 120 cm³/mol. The topological polar surface area (TPSA) is 50.8 Å². The summed E-state index contributed by atoms with van der Waals surface area (Å²) in [6.45, 7) is 4.54.